The summed E-state index contributed by atoms with van der Waals surface area (Å²) in [4.78, 5) is 8.88. The van der Waals surface area contributed by atoms with E-state index in [0.717, 1.165) is 17.1 Å². The summed E-state index contributed by atoms with van der Waals surface area (Å²) in [7, 11) is 0. The zero-order valence-electron chi connectivity index (χ0n) is 14.1. The molecule has 5 heteroatoms. The highest BCUT2D eigenvalue weighted by Crippen LogP contribution is 2.27. The number of nitrogens with zero attached hydrogens (tertiary/aromatic N) is 5. The summed E-state index contributed by atoms with van der Waals surface area (Å²) in [5.74, 6) is 1.40. The molecule has 1 aromatic carbocycles. The van der Waals surface area contributed by atoms with Gasteiger partial charge in [-0.1, -0.05) is 18.2 Å². The van der Waals surface area contributed by atoms with Gasteiger partial charge in [0.2, 0.25) is 0 Å². The maximum absolute atomic E-state index is 4.44. The molecule has 0 aliphatic heterocycles. The zero-order valence-corrected chi connectivity index (χ0v) is 14.1. The third-order valence-corrected chi connectivity index (χ3v) is 4.20. The Morgan fingerprint density at radius 2 is 1.28 bits per heavy atom. The molecule has 0 aliphatic rings. The van der Waals surface area contributed by atoms with Gasteiger partial charge in [0.25, 0.3) is 0 Å². The first-order chi connectivity index (χ1) is 12.2. The van der Waals surface area contributed by atoms with Gasteiger partial charge < -0.3 is 0 Å². The lowest BCUT2D eigenvalue weighted by atomic mass is 10.1. The van der Waals surface area contributed by atoms with E-state index in [9.17, 15) is 0 Å². The molecular weight excluding hydrogens is 310 g/mol. The normalized spacial score (nSPS) is 10.8. The number of hydrogen-bond acceptors (Lipinski definition) is 4. The summed E-state index contributed by atoms with van der Waals surface area (Å²) >= 11 is 0. The van der Waals surface area contributed by atoms with E-state index in [1.807, 2.05) is 41.0 Å². The third-order valence-electron chi connectivity index (χ3n) is 4.20. The van der Waals surface area contributed by atoms with Crippen LogP contribution in [0, 0.1) is 13.8 Å². The van der Waals surface area contributed by atoms with Crippen molar-refractivity contribution in [3.05, 3.63) is 78.1 Å². The molecule has 0 unspecified atom stereocenters. The molecule has 0 N–H and O–H groups in total. The number of benzene rings is 1. The van der Waals surface area contributed by atoms with Gasteiger partial charge in [-0.2, -0.15) is 0 Å². The van der Waals surface area contributed by atoms with Crippen molar-refractivity contribution in [2.45, 2.75) is 13.8 Å². The molecule has 0 atom stereocenters. The van der Waals surface area contributed by atoms with Crippen LogP contribution in [-0.4, -0.2) is 24.7 Å². The summed E-state index contributed by atoms with van der Waals surface area (Å²) in [5, 5.41) is 8.80. The molecule has 0 spiro atoms. The fourth-order valence-electron chi connectivity index (χ4n) is 2.72. The molecule has 25 heavy (non-hydrogen) atoms. The van der Waals surface area contributed by atoms with Gasteiger partial charge in [-0.15, -0.1) is 10.2 Å². The Balaban J connectivity index is 1.98. The van der Waals surface area contributed by atoms with Crippen molar-refractivity contribution in [1.29, 1.82) is 0 Å². The minimum Gasteiger partial charge on any atom is -0.272 e. The average Bonchev–Trinajstić information content (AvgIpc) is 3.10. The molecule has 0 bridgehead atoms. The van der Waals surface area contributed by atoms with Gasteiger partial charge in [0.05, 0.1) is 0 Å². The Bertz CT molecular complexity index is 950. The van der Waals surface area contributed by atoms with E-state index < -0.39 is 0 Å². The highest BCUT2D eigenvalue weighted by molar-refractivity contribution is 5.63. The van der Waals surface area contributed by atoms with Crippen LogP contribution in [0.4, 0.5) is 0 Å². The smallest absolute Gasteiger partial charge is 0.187 e. The fourth-order valence-corrected chi connectivity index (χ4v) is 2.72. The van der Waals surface area contributed by atoms with E-state index in [4.69, 9.17) is 0 Å². The number of aromatic nitrogens is 5. The lowest BCUT2D eigenvalue weighted by molar-refractivity contribution is 1.04. The van der Waals surface area contributed by atoms with Crippen molar-refractivity contribution in [3.8, 4) is 28.7 Å². The van der Waals surface area contributed by atoms with Gasteiger partial charge in [-0.05, 0) is 61.4 Å². The standard InChI is InChI=1S/C20H17N5/c1-14-9-10-16(13-15(14)2)25-19(17-7-3-5-11-21-17)23-24-20(25)18-8-4-6-12-22-18/h3-13H,1-2H3. The van der Waals surface area contributed by atoms with Crippen LogP contribution in [0.1, 0.15) is 11.1 Å². The lowest BCUT2D eigenvalue weighted by Gasteiger charge is -2.12. The first-order valence-electron chi connectivity index (χ1n) is 8.10. The summed E-state index contributed by atoms with van der Waals surface area (Å²) in [6.07, 6.45) is 3.52. The molecular formula is C20H17N5. The molecule has 0 saturated heterocycles. The molecule has 0 saturated carbocycles. The second kappa shape index (κ2) is 6.28. The van der Waals surface area contributed by atoms with Gasteiger partial charge in [0.15, 0.2) is 11.6 Å². The maximum atomic E-state index is 4.44. The van der Waals surface area contributed by atoms with Crippen molar-refractivity contribution in [1.82, 2.24) is 24.7 Å². The summed E-state index contributed by atoms with van der Waals surface area (Å²) in [5.41, 5.74) is 5.00. The molecule has 0 radical (unpaired) electrons. The molecule has 0 fully saturated rings. The van der Waals surface area contributed by atoms with Crippen LogP contribution in [0.15, 0.2) is 67.0 Å². The van der Waals surface area contributed by atoms with Gasteiger partial charge >= 0.3 is 0 Å². The molecule has 122 valence electrons. The Morgan fingerprint density at radius 3 is 1.76 bits per heavy atom. The number of hydrogen-bond donors (Lipinski definition) is 0. The highest BCUT2D eigenvalue weighted by Gasteiger charge is 2.18. The van der Waals surface area contributed by atoms with Crippen molar-refractivity contribution in [2.24, 2.45) is 0 Å². The number of rotatable bonds is 3. The fraction of sp³-hybridized carbons (Fsp3) is 0.100. The Labute approximate surface area is 146 Å². The summed E-state index contributed by atoms with van der Waals surface area (Å²) in [6.45, 7) is 4.20. The van der Waals surface area contributed by atoms with Crippen LogP contribution in [0.25, 0.3) is 28.7 Å². The first kappa shape index (κ1) is 15.2. The molecule has 4 aromatic rings. The van der Waals surface area contributed by atoms with Gasteiger partial charge in [-0.3, -0.25) is 14.5 Å². The van der Waals surface area contributed by atoms with E-state index >= 15 is 0 Å². The van der Waals surface area contributed by atoms with Crippen LogP contribution in [-0.2, 0) is 0 Å². The second-order valence-electron chi connectivity index (χ2n) is 5.88. The summed E-state index contributed by atoms with van der Waals surface area (Å²) in [6, 6.07) is 17.9. The topological polar surface area (TPSA) is 56.5 Å². The molecule has 3 aromatic heterocycles. The van der Waals surface area contributed by atoms with E-state index in [1.165, 1.54) is 11.1 Å². The van der Waals surface area contributed by atoms with E-state index in [1.54, 1.807) is 12.4 Å². The highest BCUT2D eigenvalue weighted by atomic mass is 15.3. The lowest BCUT2D eigenvalue weighted by Crippen LogP contribution is -2.02. The van der Waals surface area contributed by atoms with Crippen molar-refractivity contribution in [3.63, 3.8) is 0 Å². The molecule has 0 amide bonds. The van der Waals surface area contributed by atoms with Gasteiger partial charge in [0.1, 0.15) is 11.4 Å². The van der Waals surface area contributed by atoms with Gasteiger partial charge in [0, 0.05) is 18.1 Å². The quantitative estimate of drug-likeness (QED) is 0.570. The Kier molecular flexibility index (Phi) is 3.82. The Morgan fingerprint density at radius 1 is 0.680 bits per heavy atom. The number of pyridine rings is 2. The van der Waals surface area contributed by atoms with E-state index in [0.29, 0.717) is 11.6 Å². The van der Waals surface area contributed by atoms with Crippen LogP contribution in [0.5, 0.6) is 0 Å². The molecule has 5 nitrogen and oxygen atoms in total. The molecule has 0 aliphatic carbocycles. The number of aryl methyl sites for hydroxylation is 2. The Hall–Kier alpha value is -3.34. The predicted molar refractivity (Wildman–Crippen MR) is 97.3 cm³/mol. The monoisotopic (exact) mass is 327 g/mol. The van der Waals surface area contributed by atoms with Crippen molar-refractivity contribution in [2.75, 3.05) is 0 Å². The maximum Gasteiger partial charge on any atom is 0.187 e. The van der Waals surface area contributed by atoms with Crippen LogP contribution in [0.3, 0.4) is 0 Å². The van der Waals surface area contributed by atoms with E-state index in [-0.39, 0.29) is 0 Å². The summed E-state index contributed by atoms with van der Waals surface area (Å²) < 4.78 is 2.01. The van der Waals surface area contributed by atoms with Crippen LogP contribution >= 0.6 is 0 Å². The van der Waals surface area contributed by atoms with Crippen molar-refractivity contribution < 1.29 is 0 Å². The predicted octanol–water partition coefficient (Wildman–Crippen LogP) is 4.01. The van der Waals surface area contributed by atoms with E-state index in [2.05, 4.69) is 52.2 Å². The zero-order chi connectivity index (χ0) is 17.2. The van der Waals surface area contributed by atoms with Gasteiger partial charge in [-0.25, -0.2) is 0 Å². The van der Waals surface area contributed by atoms with Crippen LogP contribution in [0.2, 0.25) is 0 Å². The SMILES string of the molecule is Cc1ccc(-n2c(-c3ccccn3)nnc2-c2ccccn2)cc1C. The van der Waals surface area contributed by atoms with Crippen LogP contribution < -0.4 is 0 Å². The second-order valence-corrected chi connectivity index (χ2v) is 5.88. The largest absolute Gasteiger partial charge is 0.272 e. The minimum absolute atomic E-state index is 0.699. The molecule has 3 heterocycles. The first-order valence-corrected chi connectivity index (χ1v) is 8.10. The minimum atomic E-state index is 0.699. The molecule has 4 rings (SSSR count). The average molecular weight is 327 g/mol. The van der Waals surface area contributed by atoms with Crippen molar-refractivity contribution >= 4 is 0 Å². The third kappa shape index (κ3) is 2.80.